The van der Waals surface area contributed by atoms with E-state index in [1.165, 1.54) is 0 Å². The van der Waals surface area contributed by atoms with Crippen molar-refractivity contribution in [2.24, 2.45) is 5.73 Å². The number of hydrogen-bond donors (Lipinski definition) is 2. The molecule has 1 heterocycles. The molecule has 0 aromatic rings. The van der Waals surface area contributed by atoms with Crippen LogP contribution in [0.15, 0.2) is 0 Å². The molecule has 1 rings (SSSR count). The summed E-state index contributed by atoms with van der Waals surface area (Å²) in [7, 11) is -3.00. The van der Waals surface area contributed by atoms with Crippen molar-refractivity contribution in [2.45, 2.75) is 31.7 Å². The molecule has 88 valence electrons. The molecule has 3 N–H and O–H groups in total. The van der Waals surface area contributed by atoms with Crippen LogP contribution in [0.3, 0.4) is 0 Å². The van der Waals surface area contributed by atoms with Gasteiger partial charge in [-0.1, -0.05) is 6.92 Å². The lowest BCUT2D eigenvalue weighted by Crippen LogP contribution is -2.49. The zero-order valence-corrected chi connectivity index (χ0v) is 9.77. The topological polar surface area (TPSA) is 89.3 Å². The molecular weight excluding hydrogens is 216 g/mol. The zero-order chi connectivity index (χ0) is 11.5. The monoisotopic (exact) mass is 234 g/mol. The van der Waals surface area contributed by atoms with Gasteiger partial charge in [0, 0.05) is 12.0 Å². The molecule has 1 amide bonds. The molecule has 1 aliphatic heterocycles. The Bertz CT molecular complexity index is 339. The Balaban J connectivity index is 2.74. The van der Waals surface area contributed by atoms with Crippen LogP contribution in [-0.4, -0.2) is 37.9 Å². The van der Waals surface area contributed by atoms with Gasteiger partial charge in [0.1, 0.15) is 0 Å². The average Bonchev–Trinajstić information content (AvgIpc) is 2.38. The maximum absolute atomic E-state index is 11.4. The highest BCUT2D eigenvalue weighted by Crippen LogP contribution is 2.26. The number of hydrogen-bond acceptors (Lipinski definition) is 4. The molecule has 0 bridgehead atoms. The highest BCUT2D eigenvalue weighted by atomic mass is 32.2. The molecule has 0 saturated carbocycles. The van der Waals surface area contributed by atoms with Gasteiger partial charge >= 0.3 is 0 Å². The van der Waals surface area contributed by atoms with E-state index in [9.17, 15) is 13.2 Å². The van der Waals surface area contributed by atoms with Crippen molar-refractivity contribution in [1.82, 2.24) is 5.32 Å². The van der Waals surface area contributed by atoms with E-state index in [0.29, 0.717) is 13.0 Å². The third kappa shape index (κ3) is 3.46. The van der Waals surface area contributed by atoms with Crippen LogP contribution in [0, 0.1) is 0 Å². The first-order valence-electron chi connectivity index (χ1n) is 5.13. The Hall–Kier alpha value is -0.620. The Labute approximate surface area is 90.3 Å². The lowest BCUT2D eigenvalue weighted by atomic mass is 9.94. The highest BCUT2D eigenvalue weighted by molar-refractivity contribution is 7.91. The van der Waals surface area contributed by atoms with Gasteiger partial charge in [-0.25, -0.2) is 8.42 Å². The number of carbonyl (C=O) groups is 1. The third-order valence-corrected chi connectivity index (χ3v) is 4.47. The smallest absolute Gasteiger partial charge is 0.219 e. The standard InChI is InChI=1S/C9H18N2O3S/c1-2-4-11-9(6-8(10)12)3-5-15(13,14)7-9/h11H,2-7H2,1H3,(H2,10,12). The number of rotatable bonds is 5. The van der Waals surface area contributed by atoms with Gasteiger partial charge in [-0.3, -0.25) is 4.79 Å². The molecule has 15 heavy (non-hydrogen) atoms. The molecule has 0 aromatic heterocycles. The molecule has 0 radical (unpaired) electrons. The van der Waals surface area contributed by atoms with Crippen LogP contribution >= 0.6 is 0 Å². The van der Waals surface area contributed by atoms with Crippen molar-refractivity contribution in [3.8, 4) is 0 Å². The number of sulfone groups is 1. The summed E-state index contributed by atoms with van der Waals surface area (Å²) in [6, 6.07) is 0. The van der Waals surface area contributed by atoms with Gasteiger partial charge in [-0.15, -0.1) is 0 Å². The number of nitrogens with two attached hydrogens (primary N) is 1. The van der Waals surface area contributed by atoms with E-state index < -0.39 is 21.3 Å². The quantitative estimate of drug-likeness (QED) is 0.666. The van der Waals surface area contributed by atoms with Gasteiger partial charge in [0.25, 0.3) is 0 Å². The lowest BCUT2D eigenvalue weighted by molar-refractivity contribution is -0.119. The fourth-order valence-electron chi connectivity index (χ4n) is 1.98. The number of primary amides is 1. The first-order valence-corrected chi connectivity index (χ1v) is 6.95. The molecule has 1 aliphatic rings. The van der Waals surface area contributed by atoms with Crippen LogP contribution in [0.4, 0.5) is 0 Å². The zero-order valence-electron chi connectivity index (χ0n) is 8.95. The Kier molecular flexibility index (Phi) is 3.72. The largest absolute Gasteiger partial charge is 0.370 e. The van der Waals surface area contributed by atoms with Gasteiger partial charge in [0.15, 0.2) is 9.84 Å². The summed E-state index contributed by atoms with van der Waals surface area (Å²) >= 11 is 0. The second kappa shape index (κ2) is 4.49. The summed E-state index contributed by atoms with van der Waals surface area (Å²) in [6.07, 6.45) is 1.49. The molecule has 1 fully saturated rings. The van der Waals surface area contributed by atoms with Crippen molar-refractivity contribution in [1.29, 1.82) is 0 Å². The molecule has 1 unspecified atom stereocenters. The van der Waals surface area contributed by atoms with Crippen LogP contribution in [-0.2, 0) is 14.6 Å². The SMILES string of the molecule is CCCNC1(CC(N)=O)CCS(=O)(=O)C1. The van der Waals surface area contributed by atoms with Gasteiger partial charge in [-0.05, 0) is 19.4 Å². The van der Waals surface area contributed by atoms with Gasteiger partial charge in [0.05, 0.1) is 11.5 Å². The maximum Gasteiger partial charge on any atom is 0.219 e. The molecular formula is C9H18N2O3S. The van der Waals surface area contributed by atoms with E-state index in [4.69, 9.17) is 5.73 Å². The van der Waals surface area contributed by atoms with Crippen LogP contribution in [0.2, 0.25) is 0 Å². The number of carbonyl (C=O) groups excluding carboxylic acids is 1. The maximum atomic E-state index is 11.4. The van der Waals surface area contributed by atoms with Crippen LogP contribution in [0.1, 0.15) is 26.2 Å². The number of amides is 1. The third-order valence-electron chi connectivity index (χ3n) is 2.65. The van der Waals surface area contributed by atoms with Crippen LogP contribution in [0.5, 0.6) is 0 Å². The van der Waals surface area contributed by atoms with Crippen molar-refractivity contribution >= 4 is 15.7 Å². The molecule has 0 aromatic carbocycles. The van der Waals surface area contributed by atoms with Crippen molar-refractivity contribution in [2.75, 3.05) is 18.1 Å². The summed E-state index contributed by atoms with van der Waals surface area (Å²) in [6.45, 7) is 2.71. The molecule has 0 spiro atoms. The predicted octanol–water partition coefficient (Wildman–Crippen LogP) is -0.581. The minimum absolute atomic E-state index is 0.0307. The lowest BCUT2D eigenvalue weighted by Gasteiger charge is -2.27. The van der Waals surface area contributed by atoms with E-state index in [1.807, 2.05) is 6.92 Å². The van der Waals surface area contributed by atoms with Gasteiger partial charge in [-0.2, -0.15) is 0 Å². The average molecular weight is 234 g/mol. The fraction of sp³-hybridized carbons (Fsp3) is 0.889. The number of nitrogens with one attached hydrogen (secondary N) is 1. The van der Waals surface area contributed by atoms with E-state index in [0.717, 1.165) is 6.42 Å². The van der Waals surface area contributed by atoms with Crippen molar-refractivity contribution < 1.29 is 13.2 Å². The van der Waals surface area contributed by atoms with Crippen molar-refractivity contribution in [3.63, 3.8) is 0 Å². The van der Waals surface area contributed by atoms with Crippen LogP contribution in [0.25, 0.3) is 0 Å². The molecule has 1 atom stereocenters. The first-order chi connectivity index (χ1) is 6.89. The molecule has 6 heteroatoms. The van der Waals surface area contributed by atoms with E-state index in [-0.39, 0.29) is 17.9 Å². The van der Waals surface area contributed by atoms with Crippen LogP contribution < -0.4 is 11.1 Å². The normalized spacial score (nSPS) is 29.1. The summed E-state index contributed by atoms with van der Waals surface area (Å²) < 4.78 is 22.8. The summed E-state index contributed by atoms with van der Waals surface area (Å²) in [4.78, 5) is 10.9. The van der Waals surface area contributed by atoms with Gasteiger partial charge < -0.3 is 11.1 Å². The minimum Gasteiger partial charge on any atom is -0.370 e. The molecule has 0 aliphatic carbocycles. The summed E-state index contributed by atoms with van der Waals surface area (Å²) in [5.74, 6) is -0.268. The summed E-state index contributed by atoms with van der Waals surface area (Å²) in [5.41, 5.74) is 4.53. The first kappa shape index (κ1) is 12.4. The molecule has 1 saturated heterocycles. The Morgan fingerprint density at radius 3 is 2.60 bits per heavy atom. The summed E-state index contributed by atoms with van der Waals surface area (Å²) in [5, 5.41) is 3.15. The van der Waals surface area contributed by atoms with Crippen molar-refractivity contribution in [3.05, 3.63) is 0 Å². The Morgan fingerprint density at radius 1 is 1.53 bits per heavy atom. The fourth-order valence-corrected chi connectivity index (χ4v) is 4.02. The second-order valence-corrected chi connectivity index (χ2v) is 6.38. The Morgan fingerprint density at radius 2 is 2.20 bits per heavy atom. The highest BCUT2D eigenvalue weighted by Gasteiger charge is 2.42. The van der Waals surface area contributed by atoms with E-state index in [1.54, 1.807) is 0 Å². The van der Waals surface area contributed by atoms with Gasteiger partial charge in [0.2, 0.25) is 5.91 Å². The second-order valence-electron chi connectivity index (χ2n) is 4.19. The predicted molar refractivity (Wildman–Crippen MR) is 58.1 cm³/mol. The van der Waals surface area contributed by atoms with E-state index >= 15 is 0 Å². The molecule has 5 nitrogen and oxygen atoms in total. The minimum atomic E-state index is -3.00. The van der Waals surface area contributed by atoms with E-state index in [2.05, 4.69) is 5.32 Å².